The molecule has 0 spiro atoms. The Labute approximate surface area is 152 Å². The Balaban J connectivity index is 1.97. The second-order valence-corrected chi connectivity index (χ2v) is 6.38. The molecule has 9 heteroatoms. The van der Waals surface area contributed by atoms with E-state index in [0.717, 1.165) is 0 Å². The van der Waals surface area contributed by atoms with E-state index in [4.69, 9.17) is 4.74 Å². The van der Waals surface area contributed by atoms with Gasteiger partial charge in [0.25, 0.3) is 5.91 Å². The third-order valence-electron chi connectivity index (χ3n) is 4.26. The maximum Gasteiger partial charge on any atom is 0.426 e. The molecule has 2 heterocycles. The fourth-order valence-corrected chi connectivity index (χ4v) is 2.69. The summed E-state index contributed by atoms with van der Waals surface area (Å²) in [7, 11) is 0. The number of aliphatic hydroxyl groups is 1. The first-order valence-corrected chi connectivity index (χ1v) is 7.91. The molecule has 0 aliphatic carbocycles. The van der Waals surface area contributed by atoms with Gasteiger partial charge in [-0.2, -0.15) is 13.2 Å². The normalized spacial score (nSPS) is 15.7. The topological polar surface area (TPSA) is 88.5 Å². The van der Waals surface area contributed by atoms with Crippen LogP contribution >= 0.6 is 0 Å². The lowest BCUT2D eigenvalue weighted by atomic mass is 10.00. The monoisotopic (exact) mass is 380 g/mol. The summed E-state index contributed by atoms with van der Waals surface area (Å²) in [5, 5.41) is 11.6. The smallest absolute Gasteiger partial charge is 0.421 e. The third kappa shape index (κ3) is 3.37. The van der Waals surface area contributed by atoms with Gasteiger partial charge in [-0.25, -0.2) is 9.78 Å². The van der Waals surface area contributed by atoms with Gasteiger partial charge in [0.1, 0.15) is 5.75 Å². The minimum absolute atomic E-state index is 0.0455. The van der Waals surface area contributed by atoms with Gasteiger partial charge in [-0.15, -0.1) is 0 Å². The van der Waals surface area contributed by atoms with Crippen LogP contribution in [0.3, 0.4) is 0 Å². The van der Waals surface area contributed by atoms with Crippen molar-refractivity contribution in [2.45, 2.75) is 32.0 Å². The zero-order valence-corrected chi connectivity index (χ0v) is 14.3. The van der Waals surface area contributed by atoms with Gasteiger partial charge in [0.05, 0.1) is 0 Å². The highest BCUT2D eigenvalue weighted by molar-refractivity contribution is 5.98. The Hall–Kier alpha value is -2.94. The van der Waals surface area contributed by atoms with E-state index < -0.39 is 23.7 Å². The summed E-state index contributed by atoms with van der Waals surface area (Å²) in [6, 6.07) is 6.10. The Morgan fingerprint density at radius 3 is 2.67 bits per heavy atom. The molecular weight excluding hydrogens is 365 g/mol. The molecule has 27 heavy (non-hydrogen) atoms. The number of aromatic nitrogens is 1. The minimum Gasteiger partial charge on any atom is -0.421 e. The van der Waals surface area contributed by atoms with Gasteiger partial charge in [-0.3, -0.25) is 4.79 Å². The molecule has 3 rings (SSSR count). The van der Waals surface area contributed by atoms with Crippen molar-refractivity contribution >= 4 is 17.6 Å². The van der Waals surface area contributed by atoms with Crippen LogP contribution < -0.4 is 10.1 Å². The number of ether oxygens (including phenoxy) is 1. The molecule has 1 aliphatic heterocycles. The van der Waals surface area contributed by atoms with E-state index in [9.17, 15) is 27.9 Å². The van der Waals surface area contributed by atoms with Crippen LogP contribution in [0.1, 0.15) is 34.1 Å². The van der Waals surface area contributed by atoms with Crippen LogP contribution in [0.5, 0.6) is 5.75 Å². The molecule has 0 saturated carbocycles. The minimum atomic E-state index is -5.13. The number of esters is 1. The van der Waals surface area contributed by atoms with Gasteiger partial charge in [0.2, 0.25) is 5.60 Å². The van der Waals surface area contributed by atoms with E-state index in [-0.39, 0.29) is 23.6 Å². The summed E-state index contributed by atoms with van der Waals surface area (Å²) < 4.78 is 43.8. The number of benzene rings is 1. The third-order valence-corrected chi connectivity index (χ3v) is 4.26. The number of nitrogens with one attached hydrogen (secondary N) is 1. The number of hydrogen-bond donors (Lipinski definition) is 2. The molecule has 142 valence electrons. The summed E-state index contributed by atoms with van der Waals surface area (Å²) in [4.78, 5) is 28.1. The number of alkyl halides is 3. The van der Waals surface area contributed by atoms with Gasteiger partial charge < -0.3 is 15.2 Å². The van der Waals surface area contributed by atoms with Crippen LogP contribution in [0.15, 0.2) is 30.5 Å². The predicted octanol–water partition coefficient (Wildman–Crippen LogP) is 2.77. The van der Waals surface area contributed by atoms with Crippen molar-refractivity contribution in [2.75, 3.05) is 5.32 Å². The fraction of sp³-hybridized carbons (Fsp3) is 0.278. The molecule has 0 fully saturated rings. The number of carbonyl (C=O) groups excluding carboxylic acids is 2. The molecule has 1 aromatic heterocycles. The lowest BCUT2D eigenvalue weighted by Crippen LogP contribution is -2.52. The van der Waals surface area contributed by atoms with Crippen LogP contribution in [0.4, 0.5) is 18.9 Å². The SMILES string of the molecule is Cc1cc(NC(=O)C(C)(O)C(F)(F)F)cc2c1OC(=O)c1ncccc1C2. The van der Waals surface area contributed by atoms with E-state index in [1.807, 2.05) is 0 Å². The number of rotatable bonds is 2. The molecule has 2 aromatic rings. The van der Waals surface area contributed by atoms with Gasteiger partial charge in [-0.1, -0.05) is 6.07 Å². The number of nitrogens with zero attached hydrogens (tertiary/aromatic N) is 1. The average molecular weight is 380 g/mol. The van der Waals surface area contributed by atoms with Crippen LogP contribution in [-0.2, 0) is 11.2 Å². The van der Waals surface area contributed by atoms with Crippen molar-refractivity contribution < 1.29 is 32.6 Å². The van der Waals surface area contributed by atoms with Gasteiger partial charge in [0, 0.05) is 23.9 Å². The van der Waals surface area contributed by atoms with E-state index in [1.165, 1.54) is 18.3 Å². The van der Waals surface area contributed by atoms with E-state index in [1.54, 1.807) is 19.1 Å². The second-order valence-electron chi connectivity index (χ2n) is 6.38. The average Bonchev–Trinajstić information content (AvgIpc) is 2.70. The largest absolute Gasteiger partial charge is 0.426 e. The highest BCUT2D eigenvalue weighted by Gasteiger charge is 2.55. The number of amides is 1. The predicted molar refractivity (Wildman–Crippen MR) is 88.5 cm³/mol. The maximum atomic E-state index is 12.8. The summed E-state index contributed by atoms with van der Waals surface area (Å²) >= 11 is 0. The summed E-state index contributed by atoms with van der Waals surface area (Å²) in [6.07, 6.45) is -3.43. The van der Waals surface area contributed by atoms with Crippen molar-refractivity contribution in [1.82, 2.24) is 4.98 Å². The Kier molecular flexibility index (Phi) is 4.43. The summed E-state index contributed by atoms with van der Waals surface area (Å²) in [5.74, 6) is -1.98. The fourth-order valence-electron chi connectivity index (χ4n) is 2.69. The van der Waals surface area contributed by atoms with E-state index >= 15 is 0 Å². The van der Waals surface area contributed by atoms with Gasteiger partial charge in [0.15, 0.2) is 5.69 Å². The van der Waals surface area contributed by atoms with E-state index in [2.05, 4.69) is 10.3 Å². The standard InChI is InChI=1S/C18H15F3N2O4/c1-9-6-12(23-16(25)17(2,26)18(19,20)21)8-11-7-10-4-3-5-22-13(10)15(24)27-14(9)11/h3-6,8,26H,7H2,1-2H3,(H,23,25). The van der Waals surface area contributed by atoms with E-state index in [0.29, 0.717) is 23.6 Å². The highest BCUT2D eigenvalue weighted by Crippen LogP contribution is 2.35. The lowest BCUT2D eigenvalue weighted by Gasteiger charge is -2.25. The number of hydrogen-bond acceptors (Lipinski definition) is 5. The van der Waals surface area contributed by atoms with Crippen molar-refractivity contribution in [3.8, 4) is 5.75 Å². The molecule has 6 nitrogen and oxygen atoms in total. The lowest BCUT2D eigenvalue weighted by molar-refractivity contribution is -0.242. The molecule has 1 aromatic carbocycles. The molecule has 1 amide bonds. The van der Waals surface area contributed by atoms with Crippen LogP contribution in [0.2, 0.25) is 0 Å². The number of pyridine rings is 1. The number of carbonyl (C=O) groups is 2. The van der Waals surface area contributed by atoms with Crippen molar-refractivity contribution in [3.63, 3.8) is 0 Å². The Morgan fingerprint density at radius 1 is 1.30 bits per heavy atom. The number of halogens is 3. The summed E-state index contributed by atoms with van der Waals surface area (Å²) in [5.41, 5.74) is -1.82. The zero-order valence-electron chi connectivity index (χ0n) is 14.3. The van der Waals surface area contributed by atoms with Crippen LogP contribution in [0, 0.1) is 6.92 Å². The highest BCUT2D eigenvalue weighted by atomic mass is 19.4. The number of aryl methyl sites for hydroxylation is 1. The van der Waals surface area contributed by atoms with Crippen molar-refractivity contribution in [1.29, 1.82) is 0 Å². The second kappa shape index (κ2) is 6.34. The molecule has 0 bridgehead atoms. The molecule has 2 N–H and O–H groups in total. The molecule has 1 unspecified atom stereocenters. The Morgan fingerprint density at radius 2 is 2.00 bits per heavy atom. The first kappa shape index (κ1) is 18.8. The van der Waals surface area contributed by atoms with Crippen molar-refractivity contribution in [3.05, 3.63) is 52.8 Å². The van der Waals surface area contributed by atoms with Gasteiger partial charge >= 0.3 is 12.1 Å². The number of anilines is 1. The molecular formula is C18H15F3N2O4. The molecule has 1 aliphatic rings. The first-order chi connectivity index (χ1) is 12.5. The molecule has 0 saturated heterocycles. The quantitative estimate of drug-likeness (QED) is 0.618. The van der Waals surface area contributed by atoms with Crippen molar-refractivity contribution in [2.24, 2.45) is 0 Å². The Bertz CT molecular complexity index is 939. The molecule has 1 atom stereocenters. The molecule has 0 radical (unpaired) electrons. The van der Waals surface area contributed by atoms with Crippen LogP contribution in [0.25, 0.3) is 0 Å². The van der Waals surface area contributed by atoms with Gasteiger partial charge in [-0.05, 0) is 43.2 Å². The summed E-state index contributed by atoms with van der Waals surface area (Å²) in [6.45, 7) is 1.97. The number of fused-ring (bicyclic) bond motifs is 2. The first-order valence-electron chi connectivity index (χ1n) is 7.91. The van der Waals surface area contributed by atoms with Crippen LogP contribution in [-0.4, -0.2) is 33.7 Å². The zero-order chi connectivity index (χ0) is 20.0. The maximum absolute atomic E-state index is 12.8.